The molecule has 0 spiro atoms. The molecule has 0 bridgehead atoms. The molecule has 2 saturated heterocycles. The van der Waals surface area contributed by atoms with Crippen molar-refractivity contribution in [3.8, 4) is 0 Å². The molecule has 2 heterocycles. The number of nitrogens with zero attached hydrogens (tertiary/aromatic N) is 2. The number of carbonyl (C=O) groups excluding carboxylic acids is 7. The highest BCUT2D eigenvalue weighted by Crippen LogP contribution is 2.25. The van der Waals surface area contributed by atoms with Crippen LogP contribution in [0.5, 0.6) is 0 Å². The monoisotopic (exact) mass is 1020 g/mol. The minimum absolute atomic E-state index is 0.00770. The number of hydrogen-bond donors (Lipinski definition) is 0. The van der Waals surface area contributed by atoms with Crippen molar-refractivity contribution < 1.29 is 66.7 Å². The van der Waals surface area contributed by atoms with Gasteiger partial charge in [0, 0.05) is 57.0 Å². The summed E-state index contributed by atoms with van der Waals surface area (Å²) >= 11 is 0. The molecule has 2 rings (SSSR count). The van der Waals surface area contributed by atoms with Crippen molar-refractivity contribution >= 4 is 41.9 Å². The second-order valence-corrected chi connectivity index (χ2v) is 20.5. The van der Waals surface area contributed by atoms with Crippen LogP contribution >= 0.6 is 0 Å². The molecule has 0 aromatic heterocycles. The molecule has 0 aromatic carbocycles. The Kier molecular flexibility index (Phi) is 36.9. The van der Waals surface area contributed by atoms with Crippen molar-refractivity contribution in [2.75, 3.05) is 59.7 Å². The van der Waals surface area contributed by atoms with Gasteiger partial charge in [-0.2, -0.15) is 0 Å². The van der Waals surface area contributed by atoms with E-state index >= 15 is 0 Å². The highest BCUT2D eigenvalue weighted by molar-refractivity contribution is 5.73. The average Bonchev–Trinajstić information content (AvgIpc) is 3.76. The topological polar surface area (TPSA) is 191 Å². The molecule has 2 aliphatic rings. The SMILES string of the molecule is CCCCCCCCC(=O)OCC(COC(=O)CCCCCCCC)CC(=O)OC[C@@H]1C[C@H](OC(=O)CC(COC(=O)CCCCCCCC)COC(=O)CCCCCCCC)CN1C(=O)OC1CN(C)C1. The summed E-state index contributed by atoms with van der Waals surface area (Å²) in [7, 11) is 1.92. The predicted octanol–water partition coefficient (Wildman–Crippen LogP) is 11.2. The van der Waals surface area contributed by atoms with Gasteiger partial charge < -0.3 is 33.2 Å². The van der Waals surface area contributed by atoms with Gasteiger partial charge in [-0.3, -0.25) is 38.6 Å². The number of likely N-dealkylation sites (N-methyl/N-ethyl adjacent to an activating group) is 1. The van der Waals surface area contributed by atoms with Gasteiger partial charge in [0.2, 0.25) is 0 Å². The third-order valence-electron chi connectivity index (χ3n) is 13.4. The fourth-order valence-electron chi connectivity index (χ4n) is 8.88. The van der Waals surface area contributed by atoms with Crippen LogP contribution in [0.2, 0.25) is 0 Å². The summed E-state index contributed by atoms with van der Waals surface area (Å²) in [4.78, 5) is 94.8. The van der Waals surface area contributed by atoms with Crippen molar-refractivity contribution in [2.45, 2.75) is 245 Å². The zero-order valence-corrected chi connectivity index (χ0v) is 45.6. The standard InChI is InChI=1S/C56H98N2O14/c1-6-10-14-18-22-26-30-50(59)66-40-45(41-67-51(60)31-27-23-19-15-11-7-2)34-54(63)70-44-47-36-48(39-58(47)56(65)72-49-37-57(5)38-49)71-55(64)35-46(42-68-52(61)32-28-24-20-16-12-8-3)43-69-53(62)33-29-25-21-17-13-9-4/h45-49H,6-44H2,1-5H3/t47-,48-/m0/s1. The van der Waals surface area contributed by atoms with Gasteiger partial charge in [-0.25, -0.2) is 4.79 Å². The Hall–Kier alpha value is -3.95. The molecule has 416 valence electrons. The normalized spacial score (nSPS) is 15.8. The first-order valence-electron chi connectivity index (χ1n) is 28.5. The van der Waals surface area contributed by atoms with E-state index in [2.05, 4.69) is 27.7 Å². The molecule has 0 aromatic rings. The van der Waals surface area contributed by atoms with Gasteiger partial charge in [-0.15, -0.1) is 0 Å². The lowest BCUT2D eigenvalue weighted by atomic mass is 10.1. The van der Waals surface area contributed by atoms with E-state index in [0.29, 0.717) is 38.8 Å². The zero-order chi connectivity index (χ0) is 52.6. The quantitative estimate of drug-likeness (QED) is 0.0318. The van der Waals surface area contributed by atoms with Crippen LogP contribution in [0.15, 0.2) is 0 Å². The first-order valence-corrected chi connectivity index (χ1v) is 28.5. The van der Waals surface area contributed by atoms with E-state index in [4.69, 9.17) is 33.2 Å². The van der Waals surface area contributed by atoms with Crippen LogP contribution in [0.3, 0.4) is 0 Å². The predicted molar refractivity (Wildman–Crippen MR) is 276 cm³/mol. The van der Waals surface area contributed by atoms with Gasteiger partial charge in [0.05, 0.1) is 51.9 Å². The van der Waals surface area contributed by atoms with Crippen LogP contribution < -0.4 is 0 Å². The second kappa shape index (κ2) is 41.4. The number of unbranched alkanes of at least 4 members (excludes halogenated alkanes) is 20. The summed E-state index contributed by atoms with van der Waals surface area (Å²) in [6.07, 6.45) is 23.6. The molecule has 2 atom stereocenters. The second-order valence-electron chi connectivity index (χ2n) is 20.5. The zero-order valence-electron chi connectivity index (χ0n) is 45.6. The fraction of sp³-hybridized carbons (Fsp3) is 0.875. The van der Waals surface area contributed by atoms with Crippen molar-refractivity contribution in [3.05, 3.63) is 0 Å². The fourth-order valence-corrected chi connectivity index (χ4v) is 8.88. The maximum Gasteiger partial charge on any atom is 0.410 e. The molecule has 0 unspecified atom stereocenters. The molecule has 0 radical (unpaired) electrons. The van der Waals surface area contributed by atoms with E-state index in [0.717, 1.165) is 128 Å². The third kappa shape index (κ3) is 32.3. The van der Waals surface area contributed by atoms with Crippen LogP contribution in [0.1, 0.15) is 227 Å². The number of rotatable bonds is 44. The third-order valence-corrected chi connectivity index (χ3v) is 13.4. The maximum atomic E-state index is 13.6. The van der Waals surface area contributed by atoms with E-state index in [1.807, 2.05) is 11.9 Å². The number of carbonyl (C=O) groups is 7. The summed E-state index contributed by atoms with van der Waals surface area (Å²) in [5.74, 6) is -4.03. The Morgan fingerprint density at radius 1 is 0.403 bits per heavy atom. The first kappa shape index (κ1) is 64.2. The number of amides is 1. The maximum absolute atomic E-state index is 13.6. The summed E-state index contributed by atoms with van der Waals surface area (Å²) in [6, 6.07) is -0.692. The van der Waals surface area contributed by atoms with Crippen molar-refractivity contribution in [2.24, 2.45) is 11.8 Å². The highest BCUT2D eigenvalue weighted by atomic mass is 16.6. The summed E-state index contributed by atoms with van der Waals surface area (Å²) in [5, 5.41) is 0. The number of esters is 6. The largest absolute Gasteiger partial charge is 0.465 e. The first-order chi connectivity index (χ1) is 34.9. The van der Waals surface area contributed by atoms with Gasteiger partial charge in [0.25, 0.3) is 0 Å². The lowest BCUT2D eigenvalue weighted by Gasteiger charge is -2.36. The Balaban J connectivity index is 2.07. The van der Waals surface area contributed by atoms with Gasteiger partial charge in [-0.05, 0) is 32.7 Å². The Bertz CT molecular complexity index is 1440. The van der Waals surface area contributed by atoms with E-state index in [-0.39, 0.29) is 115 Å². The lowest BCUT2D eigenvalue weighted by Crippen LogP contribution is -2.52. The van der Waals surface area contributed by atoms with Gasteiger partial charge in [-0.1, -0.05) is 156 Å². The molecule has 2 aliphatic heterocycles. The molecule has 0 N–H and O–H groups in total. The van der Waals surface area contributed by atoms with Gasteiger partial charge in [0.1, 0.15) is 18.8 Å². The lowest BCUT2D eigenvalue weighted by molar-refractivity contribution is -0.157. The van der Waals surface area contributed by atoms with Crippen LogP contribution in [0.4, 0.5) is 4.79 Å². The molecule has 72 heavy (non-hydrogen) atoms. The van der Waals surface area contributed by atoms with Crippen LogP contribution in [0, 0.1) is 11.8 Å². The molecule has 2 fully saturated rings. The summed E-state index contributed by atoms with van der Waals surface area (Å²) in [6.45, 7) is 9.03. The Labute approximate surface area is 433 Å². The average molecular weight is 1020 g/mol. The minimum atomic E-state index is -0.770. The molecule has 1 amide bonds. The van der Waals surface area contributed by atoms with Crippen LogP contribution in [-0.4, -0.2) is 130 Å². The van der Waals surface area contributed by atoms with Crippen LogP contribution in [0.25, 0.3) is 0 Å². The molecular weight excluding hydrogens is 925 g/mol. The van der Waals surface area contributed by atoms with E-state index < -0.39 is 42.0 Å². The smallest absolute Gasteiger partial charge is 0.410 e. The minimum Gasteiger partial charge on any atom is -0.465 e. The van der Waals surface area contributed by atoms with Crippen molar-refractivity contribution in [3.63, 3.8) is 0 Å². The molecular formula is C56H98N2O14. The summed E-state index contributed by atoms with van der Waals surface area (Å²) in [5.41, 5.74) is 0. The van der Waals surface area contributed by atoms with E-state index in [1.165, 1.54) is 4.90 Å². The van der Waals surface area contributed by atoms with Gasteiger partial charge >= 0.3 is 41.9 Å². The highest BCUT2D eigenvalue weighted by Gasteiger charge is 2.41. The van der Waals surface area contributed by atoms with Gasteiger partial charge in [0.15, 0.2) is 0 Å². The number of hydrogen-bond acceptors (Lipinski definition) is 15. The molecule has 0 saturated carbocycles. The van der Waals surface area contributed by atoms with Crippen molar-refractivity contribution in [1.82, 2.24) is 9.80 Å². The molecule has 16 heteroatoms. The number of likely N-dealkylation sites (tertiary alicyclic amines) is 2. The number of ether oxygens (including phenoxy) is 7. The Morgan fingerprint density at radius 2 is 0.750 bits per heavy atom. The van der Waals surface area contributed by atoms with E-state index in [1.54, 1.807) is 0 Å². The molecule has 16 nitrogen and oxygen atoms in total. The van der Waals surface area contributed by atoms with Crippen molar-refractivity contribution in [1.29, 1.82) is 0 Å². The van der Waals surface area contributed by atoms with Crippen LogP contribution in [-0.2, 0) is 61.9 Å². The summed E-state index contributed by atoms with van der Waals surface area (Å²) < 4.78 is 39.7. The molecule has 0 aliphatic carbocycles. The Morgan fingerprint density at radius 3 is 1.11 bits per heavy atom. The van der Waals surface area contributed by atoms with E-state index in [9.17, 15) is 33.6 Å².